The third-order valence-electron chi connectivity index (χ3n) is 7.26. The highest BCUT2D eigenvalue weighted by Crippen LogP contribution is 2.70. The normalized spacial score (nSPS) is 36.3. The summed E-state index contributed by atoms with van der Waals surface area (Å²) in [7, 11) is 0. The second kappa shape index (κ2) is 5.21. The van der Waals surface area contributed by atoms with Crippen molar-refractivity contribution in [2.75, 3.05) is 6.54 Å². The fraction of sp³-hybridized carbons (Fsp3) is 0.789. The van der Waals surface area contributed by atoms with E-state index in [1.165, 1.54) is 31.3 Å². The van der Waals surface area contributed by atoms with Gasteiger partial charge in [0.25, 0.3) is 0 Å². The molecule has 2 bridgehead atoms. The van der Waals surface area contributed by atoms with Crippen LogP contribution in [-0.2, 0) is 9.59 Å². The standard InChI is InChI=1S/C19H29NO2/c1-17(2)18(3)10-11-19(17,13-15(18)21)16(22)20-12-9-14-7-5-4-6-8-14/h7H,4-6,8-13H2,1-3H3,(H,20,22)/t18-,19-/m1/s1. The molecular formula is C19H29NO2. The molecule has 0 spiro atoms. The van der Waals surface area contributed by atoms with E-state index in [2.05, 4.69) is 32.2 Å². The Morgan fingerprint density at radius 2 is 2.00 bits per heavy atom. The number of ketones is 1. The van der Waals surface area contributed by atoms with Gasteiger partial charge in [-0.2, -0.15) is 0 Å². The summed E-state index contributed by atoms with van der Waals surface area (Å²) in [6.07, 6.45) is 10.4. The lowest BCUT2D eigenvalue weighted by Crippen LogP contribution is -2.47. The van der Waals surface area contributed by atoms with Crippen molar-refractivity contribution in [3.63, 3.8) is 0 Å². The van der Waals surface area contributed by atoms with E-state index in [-0.39, 0.29) is 22.5 Å². The number of rotatable bonds is 4. The first-order valence-electron chi connectivity index (χ1n) is 8.83. The van der Waals surface area contributed by atoms with E-state index in [0.29, 0.717) is 13.0 Å². The molecule has 0 unspecified atom stereocenters. The van der Waals surface area contributed by atoms with E-state index < -0.39 is 5.41 Å². The molecule has 3 aliphatic carbocycles. The summed E-state index contributed by atoms with van der Waals surface area (Å²) < 4.78 is 0. The minimum absolute atomic E-state index is 0.114. The second-order valence-corrected chi connectivity index (χ2v) is 8.25. The Kier molecular flexibility index (Phi) is 3.73. The zero-order chi connectivity index (χ0) is 16.0. The third-order valence-corrected chi connectivity index (χ3v) is 7.26. The third kappa shape index (κ3) is 2.00. The predicted octanol–water partition coefficient (Wildman–Crippen LogP) is 3.78. The number of hydrogen-bond acceptors (Lipinski definition) is 2. The SMILES string of the molecule is CC1(C)[C@]2(C(=O)NCCC3=CCCCC3)CC[C@]1(C)C(=O)C2. The second-order valence-electron chi connectivity index (χ2n) is 8.25. The van der Waals surface area contributed by atoms with Crippen molar-refractivity contribution in [2.24, 2.45) is 16.2 Å². The van der Waals surface area contributed by atoms with Crippen LogP contribution in [0.2, 0.25) is 0 Å². The topological polar surface area (TPSA) is 46.2 Å². The van der Waals surface area contributed by atoms with Crippen LogP contribution in [0, 0.1) is 16.2 Å². The molecule has 0 radical (unpaired) electrons. The van der Waals surface area contributed by atoms with Gasteiger partial charge in [0.2, 0.25) is 5.91 Å². The van der Waals surface area contributed by atoms with Crippen LogP contribution in [0.4, 0.5) is 0 Å². The summed E-state index contributed by atoms with van der Waals surface area (Å²) in [6.45, 7) is 7.01. The number of fused-ring (bicyclic) bond motifs is 2. The summed E-state index contributed by atoms with van der Waals surface area (Å²) in [5, 5.41) is 3.15. The largest absolute Gasteiger partial charge is 0.355 e. The van der Waals surface area contributed by atoms with E-state index >= 15 is 0 Å². The highest BCUT2D eigenvalue weighted by atomic mass is 16.2. The molecule has 3 aliphatic rings. The molecule has 3 rings (SSSR count). The van der Waals surface area contributed by atoms with Crippen molar-refractivity contribution in [3.05, 3.63) is 11.6 Å². The van der Waals surface area contributed by atoms with Gasteiger partial charge < -0.3 is 5.32 Å². The summed E-state index contributed by atoms with van der Waals surface area (Å²) in [6, 6.07) is 0. The molecule has 0 aromatic heterocycles. The van der Waals surface area contributed by atoms with Gasteiger partial charge in [0.05, 0.1) is 5.41 Å². The number of carbonyl (C=O) groups excluding carboxylic acids is 2. The van der Waals surface area contributed by atoms with Crippen LogP contribution in [0.15, 0.2) is 11.6 Å². The minimum Gasteiger partial charge on any atom is -0.355 e. The van der Waals surface area contributed by atoms with E-state index in [1.54, 1.807) is 0 Å². The maximum atomic E-state index is 12.9. The molecule has 0 aliphatic heterocycles. The molecule has 3 nitrogen and oxygen atoms in total. The van der Waals surface area contributed by atoms with Crippen LogP contribution in [0.3, 0.4) is 0 Å². The van der Waals surface area contributed by atoms with Crippen molar-refractivity contribution in [1.82, 2.24) is 5.32 Å². The Morgan fingerprint density at radius 1 is 1.23 bits per heavy atom. The maximum absolute atomic E-state index is 12.9. The number of hydrogen-bond donors (Lipinski definition) is 1. The molecule has 2 fully saturated rings. The Morgan fingerprint density at radius 3 is 2.55 bits per heavy atom. The van der Waals surface area contributed by atoms with Crippen molar-refractivity contribution < 1.29 is 9.59 Å². The predicted molar refractivity (Wildman–Crippen MR) is 87.4 cm³/mol. The number of carbonyl (C=O) groups is 2. The Bertz CT molecular complexity index is 534. The lowest BCUT2D eigenvalue weighted by molar-refractivity contribution is -0.136. The molecule has 0 saturated heterocycles. The van der Waals surface area contributed by atoms with Gasteiger partial charge in [-0.05, 0) is 50.4 Å². The van der Waals surface area contributed by atoms with Crippen molar-refractivity contribution in [1.29, 1.82) is 0 Å². The highest BCUT2D eigenvalue weighted by Gasteiger charge is 2.72. The lowest BCUT2D eigenvalue weighted by Gasteiger charge is -2.38. The summed E-state index contributed by atoms with van der Waals surface area (Å²) in [5.41, 5.74) is 0.475. The van der Waals surface area contributed by atoms with E-state index in [9.17, 15) is 9.59 Å². The molecule has 0 heterocycles. The quantitative estimate of drug-likeness (QED) is 0.803. The van der Waals surface area contributed by atoms with Gasteiger partial charge in [-0.15, -0.1) is 0 Å². The van der Waals surface area contributed by atoms with Gasteiger partial charge in [0.15, 0.2) is 0 Å². The summed E-state index contributed by atoms with van der Waals surface area (Å²) >= 11 is 0. The number of Topliss-reactive ketones (excluding diaryl/α,β-unsaturated/α-hetero) is 1. The Labute approximate surface area is 133 Å². The van der Waals surface area contributed by atoms with Gasteiger partial charge in [-0.25, -0.2) is 0 Å². The summed E-state index contributed by atoms with van der Waals surface area (Å²) in [5.74, 6) is 0.400. The van der Waals surface area contributed by atoms with Crippen LogP contribution in [0.25, 0.3) is 0 Å². The van der Waals surface area contributed by atoms with Crippen LogP contribution in [0.1, 0.15) is 72.1 Å². The minimum atomic E-state index is -0.472. The van der Waals surface area contributed by atoms with Crippen molar-refractivity contribution in [3.8, 4) is 0 Å². The molecule has 0 aromatic rings. The highest BCUT2D eigenvalue weighted by molar-refractivity contribution is 5.99. The van der Waals surface area contributed by atoms with Crippen LogP contribution in [-0.4, -0.2) is 18.2 Å². The van der Waals surface area contributed by atoms with Gasteiger partial charge in [0.1, 0.15) is 5.78 Å². The van der Waals surface area contributed by atoms with Crippen molar-refractivity contribution >= 4 is 11.7 Å². The Balaban J connectivity index is 1.65. The monoisotopic (exact) mass is 303 g/mol. The lowest BCUT2D eigenvalue weighted by atomic mass is 9.64. The van der Waals surface area contributed by atoms with E-state index in [0.717, 1.165) is 19.3 Å². The Hall–Kier alpha value is -1.12. The average Bonchev–Trinajstić information content (AvgIpc) is 2.78. The molecule has 122 valence electrons. The first kappa shape index (κ1) is 15.8. The molecule has 22 heavy (non-hydrogen) atoms. The van der Waals surface area contributed by atoms with Gasteiger partial charge in [-0.1, -0.05) is 32.4 Å². The molecule has 2 atom stereocenters. The molecule has 1 amide bonds. The molecular weight excluding hydrogens is 274 g/mol. The fourth-order valence-corrected chi connectivity index (χ4v) is 5.00. The molecule has 1 N–H and O–H groups in total. The first-order valence-corrected chi connectivity index (χ1v) is 8.83. The number of allylic oxidation sites excluding steroid dienone is 1. The zero-order valence-corrected chi connectivity index (χ0v) is 14.3. The fourth-order valence-electron chi connectivity index (χ4n) is 5.00. The zero-order valence-electron chi connectivity index (χ0n) is 14.3. The van der Waals surface area contributed by atoms with Crippen molar-refractivity contribution in [2.45, 2.75) is 72.1 Å². The summed E-state index contributed by atoms with van der Waals surface area (Å²) in [4.78, 5) is 25.3. The maximum Gasteiger partial charge on any atom is 0.227 e. The molecule has 2 saturated carbocycles. The van der Waals surface area contributed by atoms with E-state index in [1.807, 2.05) is 0 Å². The van der Waals surface area contributed by atoms with Gasteiger partial charge in [0, 0.05) is 18.4 Å². The van der Waals surface area contributed by atoms with Gasteiger partial charge >= 0.3 is 0 Å². The van der Waals surface area contributed by atoms with Crippen LogP contribution in [0.5, 0.6) is 0 Å². The number of nitrogens with one attached hydrogen (secondary N) is 1. The smallest absolute Gasteiger partial charge is 0.227 e. The number of amides is 1. The van der Waals surface area contributed by atoms with E-state index in [4.69, 9.17) is 0 Å². The average molecular weight is 303 g/mol. The first-order chi connectivity index (χ1) is 10.3. The van der Waals surface area contributed by atoms with Crippen LogP contribution >= 0.6 is 0 Å². The van der Waals surface area contributed by atoms with Gasteiger partial charge in [-0.3, -0.25) is 9.59 Å². The molecule has 0 aromatic carbocycles. The van der Waals surface area contributed by atoms with Crippen LogP contribution < -0.4 is 5.32 Å². The molecule has 3 heteroatoms.